The zero-order valence-electron chi connectivity index (χ0n) is 9.25. The van der Waals surface area contributed by atoms with Gasteiger partial charge < -0.3 is 0 Å². The minimum absolute atomic E-state index is 0.612. The molecule has 2 nitrogen and oxygen atoms in total. The highest BCUT2D eigenvalue weighted by Gasteiger charge is 2.18. The molecule has 2 heteroatoms. The van der Waals surface area contributed by atoms with Crippen molar-refractivity contribution in [2.24, 2.45) is 0 Å². The van der Waals surface area contributed by atoms with E-state index in [1.807, 2.05) is 0 Å². The predicted octanol–water partition coefficient (Wildman–Crippen LogP) is 2.33. The van der Waals surface area contributed by atoms with E-state index in [2.05, 4.69) is 49.2 Å². The molecule has 1 aromatic rings. The van der Waals surface area contributed by atoms with Crippen molar-refractivity contribution in [3.63, 3.8) is 0 Å². The molecule has 0 N–H and O–H groups in total. The standard InChI is InChI=1S/C11H21N2/c1-5-7-13-9-8-12(6-2)11(13)10(3)4/h8-10H,5-7H2,1-4H3/q+1. The van der Waals surface area contributed by atoms with Crippen molar-refractivity contribution in [3.05, 3.63) is 18.2 Å². The molecule has 0 atom stereocenters. The van der Waals surface area contributed by atoms with Gasteiger partial charge in [-0.2, -0.15) is 0 Å². The van der Waals surface area contributed by atoms with E-state index in [1.165, 1.54) is 12.2 Å². The maximum absolute atomic E-state index is 2.37. The second-order valence-corrected chi connectivity index (χ2v) is 3.79. The van der Waals surface area contributed by atoms with E-state index in [4.69, 9.17) is 0 Å². The molecule has 1 heterocycles. The Kier molecular flexibility index (Phi) is 3.52. The number of hydrogen-bond acceptors (Lipinski definition) is 0. The summed E-state index contributed by atoms with van der Waals surface area (Å²) in [5.41, 5.74) is 0. The van der Waals surface area contributed by atoms with E-state index in [0.29, 0.717) is 5.92 Å². The molecule has 0 aromatic carbocycles. The summed E-state index contributed by atoms with van der Waals surface area (Å²) in [5.74, 6) is 2.06. The van der Waals surface area contributed by atoms with Crippen molar-refractivity contribution in [2.75, 3.05) is 0 Å². The van der Waals surface area contributed by atoms with Gasteiger partial charge in [0, 0.05) is 0 Å². The van der Waals surface area contributed by atoms with E-state index in [0.717, 1.165) is 13.1 Å². The molecule has 0 unspecified atom stereocenters. The van der Waals surface area contributed by atoms with Crippen molar-refractivity contribution in [1.29, 1.82) is 0 Å². The topological polar surface area (TPSA) is 8.81 Å². The first-order valence-corrected chi connectivity index (χ1v) is 5.29. The maximum Gasteiger partial charge on any atom is 0.258 e. The fourth-order valence-corrected chi connectivity index (χ4v) is 1.84. The van der Waals surface area contributed by atoms with Crippen LogP contribution in [0.15, 0.2) is 12.4 Å². The molecular formula is C11H21N2+. The summed E-state index contributed by atoms with van der Waals surface area (Å²) in [4.78, 5) is 0. The van der Waals surface area contributed by atoms with Gasteiger partial charge in [0.25, 0.3) is 5.82 Å². The van der Waals surface area contributed by atoms with Gasteiger partial charge in [0.15, 0.2) is 0 Å². The van der Waals surface area contributed by atoms with Gasteiger partial charge >= 0.3 is 0 Å². The molecular weight excluding hydrogens is 160 g/mol. The van der Waals surface area contributed by atoms with Gasteiger partial charge in [-0.15, -0.1) is 0 Å². The smallest absolute Gasteiger partial charge is 0.234 e. The fourth-order valence-electron chi connectivity index (χ4n) is 1.84. The quantitative estimate of drug-likeness (QED) is 0.630. The number of aromatic nitrogens is 2. The van der Waals surface area contributed by atoms with Crippen LogP contribution in [0.3, 0.4) is 0 Å². The molecule has 0 spiro atoms. The lowest BCUT2D eigenvalue weighted by Crippen LogP contribution is -2.37. The Labute approximate surface area is 81.2 Å². The molecule has 13 heavy (non-hydrogen) atoms. The van der Waals surface area contributed by atoms with Crippen LogP contribution >= 0.6 is 0 Å². The van der Waals surface area contributed by atoms with Crippen LogP contribution in [0.1, 0.15) is 45.9 Å². The second-order valence-electron chi connectivity index (χ2n) is 3.79. The zero-order chi connectivity index (χ0) is 9.84. The highest BCUT2D eigenvalue weighted by atomic mass is 15.1. The van der Waals surface area contributed by atoms with Crippen LogP contribution in [0.5, 0.6) is 0 Å². The number of aryl methyl sites for hydroxylation is 2. The van der Waals surface area contributed by atoms with E-state index in [-0.39, 0.29) is 0 Å². The lowest BCUT2D eigenvalue weighted by atomic mass is 10.2. The summed E-state index contributed by atoms with van der Waals surface area (Å²) in [7, 11) is 0. The highest BCUT2D eigenvalue weighted by Crippen LogP contribution is 2.10. The van der Waals surface area contributed by atoms with Gasteiger partial charge in [-0.05, 0) is 13.3 Å². The molecule has 0 aliphatic carbocycles. The Morgan fingerprint density at radius 2 is 2.08 bits per heavy atom. The second kappa shape index (κ2) is 4.45. The summed E-state index contributed by atoms with van der Waals surface area (Å²) >= 11 is 0. The number of hydrogen-bond donors (Lipinski definition) is 0. The summed E-state index contributed by atoms with van der Waals surface area (Å²) in [5, 5.41) is 0. The zero-order valence-corrected chi connectivity index (χ0v) is 9.25. The third-order valence-corrected chi connectivity index (χ3v) is 2.34. The minimum atomic E-state index is 0.612. The number of rotatable bonds is 4. The third-order valence-electron chi connectivity index (χ3n) is 2.34. The molecule has 0 saturated carbocycles. The largest absolute Gasteiger partial charge is 0.258 e. The molecule has 0 bridgehead atoms. The Bertz CT molecular complexity index is 261. The van der Waals surface area contributed by atoms with E-state index >= 15 is 0 Å². The molecule has 0 fully saturated rings. The predicted molar refractivity (Wildman–Crippen MR) is 54.7 cm³/mol. The Morgan fingerprint density at radius 3 is 2.54 bits per heavy atom. The normalized spacial score (nSPS) is 11.2. The average molecular weight is 181 g/mol. The SMILES string of the molecule is CCC[n+]1ccn(CC)c1C(C)C. The van der Waals surface area contributed by atoms with Gasteiger partial charge in [-0.1, -0.05) is 20.8 Å². The first-order valence-electron chi connectivity index (χ1n) is 5.29. The van der Waals surface area contributed by atoms with Crippen molar-refractivity contribution in [3.8, 4) is 0 Å². The summed E-state index contributed by atoms with van der Waals surface area (Å²) in [6.07, 6.45) is 5.59. The van der Waals surface area contributed by atoms with E-state index in [9.17, 15) is 0 Å². The average Bonchev–Trinajstić information content (AvgIpc) is 2.48. The van der Waals surface area contributed by atoms with Crippen LogP contribution in [0.2, 0.25) is 0 Å². The van der Waals surface area contributed by atoms with Crippen molar-refractivity contribution < 1.29 is 4.57 Å². The highest BCUT2D eigenvalue weighted by molar-refractivity contribution is 4.89. The van der Waals surface area contributed by atoms with Crippen molar-refractivity contribution in [2.45, 2.75) is 53.1 Å². The van der Waals surface area contributed by atoms with E-state index < -0.39 is 0 Å². The van der Waals surface area contributed by atoms with Crippen LogP contribution in [-0.4, -0.2) is 4.57 Å². The van der Waals surface area contributed by atoms with E-state index in [1.54, 1.807) is 0 Å². The fraction of sp³-hybridized carbons (Fsp3) is 0.727. The van der Waals surface area contributed by atoms with Crippen molar-refractivity contribution >= 4 is 0 Å². The Hall–Kier alpha value is -0.790. The summed E-state index contributed by atoms with van der Waals surface area (Å²) in [6, 6.07) is 0. The summed E-state index contributed by atoms with van der Waals surface area (Å²) < 4.78 is 4.70. The third kappa shape index (κ3) is 2.11. The Balaban J connectivity index is 2.99. The Morgan fingerprint density at radius 1 is 1.38 bits per heavy atom. The van der Waals surface area contributed by atoms with Crippen LogP contribution in [-0.2, 0) is 13.1 Å². The lowest BCUT2D eigenvalue weighted by molar-refractivity contribution is -0.704. The van der Waals surface area contributed by atoms with Crippen molar-refractivity contribution in [1.82, 2.24) is 4.57 Å². The number of nitrogens with zero attached hydrogens (tertiary/aromatic N) is 2. The van der Waals surface area contributed by atoms with Gasteiger partial charge in [0.1, 0.15) is 12.4 Å². The molecule has 74 valence electrons. The monoisotopic (exact) mass is 181 g/mol. The molecule has 1 rings (SSSR count). The summed E-state index contributed by atoms with van der Waals surface area (Å²) in [6.45, 7) is 11.1. The first kappa shape index (κ1) is 10.3. The molecule has 0 aliphatic heterocycles. The molecule has 0 amide bonds. The maximum atomic E-state index is 2.37. The first-order chi connectivity index (χ1) is 6.20. The molecule has 0 saturated heterocycles. The van der Waals surface area contributed by atoms with Crippen LogP contribution in [0.25, 0.3) is 0 Å². The molecule has 1 aromatic heterocycles. The van der Waals surface area contributed by atoms with Gasteiger partial charge in [-0.3, -0.25) is 0 Å². The molecule has 0 radical (unpaired) electrons. The number of imidazole rings is 1. The lowest BCUT2D eigenvalue weighted by Gasteiger charge is -2.05. The van der Waals surface area contributed by atoms with Crippen LogP contribution in [0.4, 0.5) is 0 Å². The van der Waals surface area contributed by atoms with Crippen LogP contribution in [0, 0.1) is 0 Å². The van der Waals surface area contributed by atoms with Crippen LogP contribution < -0.4 is 4.57 Å². The van der Waals surface area contributed by atoms with Gasteiger partial charge in [0.05, 0.1) is 19.0 Å². The van der Waals surface area contributed by atoms with Gasteiger partial charge in [0.2, 0.25) is 0 Å². The minimum Gasteiger partial charge on any atom is -0.234 e. The van der Waals surface area contributed by atoms with Gasteiger partial charge in [-0.25, -0.2) is 9.13 Å². The molecule has 0 aliphatic rings.